The van der Waals surface area contributed by atoms with Crippen LogP contribution in [0.25, 0.3) is 0 Å². The summed E-state index contributed by atoms with van der Waals surface area (Å²) in [6.45, 7) is 0. The average Bonchev–Trinajstić information content (AvgIpc) is 2.61. The van der Waals surface area contributed by atoms with E-state index in [9.17, 15) is 17.6 Å². The van der Waals surface area contributed by atoms with Crippen LogP contribution in [0.5, 0.6) is 11.6 Å². The van der Waals surface area contributed by atoms with Crippen LogP contribution >= 0.6 is 0 Å². The van der Waals surface area contributed by atoms with Crippen molar-refractivity contribution in [1.82, 2.24) is 19.0 Å². The van der Waals surface area contributed by atoms with E-state index in [0.717, 1.165) is 16.8 Å². The summed E-state index contributed by atoms with van der Waals surface area (Å²) in [5.74, 6) is -2.26. The van der Waals surface area contributed by atoms with Crippen molar-refractivity contribution in [3.8, 4) is 11.6 Å². The van der Waals surface area contributed by atoms with Crippen LogP contribution in [-0.2, 0) is 19.8 Å². The number of hydrogen-bond donors (Lipinski definition) is 1. The van der Waals surface area contributed by atoms with Crippen molar-refractivity contribution in [1.29, 1.82) is 0 Å². The van der Waals surface area contributed by atoms with E-state index in [2.05, 4.69) is 20.0 Å². The predicted molar refractivity (Wildman–Crippen MR) is 92.8 cm³/mol. The van der Waals surface area contributed by atoms with Gasteiger partial charge in [-0.25, -0.2) is 9.71 Å². The third-order valence-corrected chi connectivity index (χ3v) is 4.49. The van der Waals surface area contributed by atoms with E-state index in [0.29, 0.717) is 0 Å². The molecule has 1 aromatic carbocycles. The second kappa shape index (κ2) is 8.51. The third kappa shape index (κ3) is 4.95. The summed E-state index contributed by atoms with van der Waals surface area (Å²) in [5.41, 5.74) is -0.336. The van der Waals surface area contributed by atoms with Crippen molar-refractivity contribution in [2.75, 3.05) is 21.2 Å². The molecule has 1 heterocycles. The van der Waals surface area contributed by atoms with Crippen molar-refractivity contribution in [3.05, 3.63) is 48.2 Å². The third-order valence-electron chi connectivity index (χ3n) is 3.08. The Morgan fingerprint density at radius 1 is 1.30 bits per heavy atom. The van der Waals surface area contributed by atoms with Gasteiger partial charge in [-0.2, -0.15) is 22.1 Å². The molecule has 0 saturated heterocycles. The molecule has 0 aliphatic carbocycles. The number of nitrogens with zero attached hydrogens (tertiary/aromatic N) is 4. The maximum atomic E-state index is 13.8. The van der Waals surface area contributed by atoms with Crippen LogP contribution < -0.4 is 9.46 Å². The number of hydrogen-bond acceptors (Lipinski definition) is 8. The van der Waals surface area contributed by atoms with E-state index < -0.39 is 27.6 Å². The number of carbonyl (C=O) groups excluding carboxylic acids is 1. The molecule has 0 fully saturated rings. The fraction of sp³-hybridized carbons (Fsp3) is 0.200. The summed E-state index contributed by atoms with van der Waals surface area (Å²) in [4.78, 5) is 24.3. The molecule has 27 heavy (non-hydrogen) atoms. The minimum Gasteiger partial charge on any atom is -0.436 e. The predicted octanol–water partition coefficient (Wildman–Crippen LogP) is 0.681. The average molecular weight is 397 g/mol. The minimum absolute atomic E-state index is 0.00306. The molecule has 2 rings (SSSR count). The van der Waals surface area contributed by atoms with Crippen molar-refractivity contribution in [2.24, 2.45) is 5.16 Å². The normalized spacial score (nSPS) is 12.0. The van der Waals surface area contributed by atoms with Gasteiger partial charge in [-0.1, -0.05) is 17.3 Å². The zero-order valence-electron chi connectivity index (χ0n) is 14.6. The fourth-order valence-corrected chi connectivity index (χ4v) is 2.31. The Kier molecular flexibility index (Phi) is 6.36. The second-order valence-electron chi connectivity index (χ2n) is 5.12. The Morgan fingerprint density at radius 3 is 2.63 bits per heavy atom. The first-order chi connectivity index (χ1) is 12.8. The lowest BCUT2D eigenvalue weighted by Crippen LogP contribution is -2.43. The first-order valence-corrected chi connectivity index (χ1v) is 8.78. The largest absolute Gasteiger partial charge is 0.436 e. The monoisotopic (exact) mass is 397 g/mol. The smallest absolute Gasteiger partial charge is 0.303 e. The molecule has 1 N–H and O–H groups in total. The van der Waals surface area contributed by atoms with Gasteiger partial charge in [-0.05, 0) is 12.1 Å². The highest BCUT2D eigenvalue weighted by Gasteiger charge is 2.25. The molecule has 144 valence electrons. The molecule has 0 bridgehead atoms. The quantitative estimate of drug-likeness (QED) is 0.538. The second-order valence-corrected chi connectivity index (χ2v) is 7.00. The maximum Gasteiger partial charge on any atom is 0.303 e. The summed E-state index contributed by atoms with van der Waals surface area (Å²) in [6.07, 6.45) is 1.99. The van der Waals surface area contributed by atoms with Gasteiger partial charge in [0.05, 0.1) is 11.8 Å². The van der Waals surface area contributed by atoms with Gasteiger partial charge in [0.1, 0.15) is 19.2 Å². The zero-order valence-corrected chi connectivity index (χ0v) is 15.4. The molecular formula is C15H16FN5O5S. The molecule has 12 heteroatoms. The SMILES string of the molecule is CO/N=C(/C(=O)NS(=O)(=O)N(C)C)c1ccccc1Oc1ncncc1F. The van der Waals surface area contributed by atoms with Crippen LogP contribution in [0, 0.1) is 5.82 Å². The minimum atomic E-state index is -4.07. The summed E-state index contributed by atoms with van der Waals surface area (Å²) in [7, 11) is -0.394. The van der Waals surface area contributed by atoms with E-state index >= 15 is 0 Å². The van der Waals surface area contributed by atoms with Crippen molar-refractivity contribution in [3.63, 3.8) is 0 Å². The molecule has 0 saturated carbocycles. The molecule has 10 nitrogen and oxygen atoms in total. The van der Waals surface area contributed by atoms with Crippen LogP contribution in [0.15, 0.2) is 41.9 Å². The fourth-order valence-electron chi connectivity index (χ4n) is 1.79. The van der Waals surface area contributed by atoms with Gasteiger partial charge in [0, 0.05) is 14.1 Å². The maximum absolute atomic E-state index is 13.8. The lowest BCUT2D eigenvalue weighted by atomic mass is 10.1. The van der Waals surface area contributed by atoms with Crippen LogP contribution in [-0.4, -0.2) is 55.5 Å². The molecule has 0 spiro atoms. The first kappa shape index (κ1) is 20.2. The van der Waals surface area contributed by atoms with Crippen LogP contribution in [0.2, 0.25) is 0 Å². The number of ether oxygens (including phenoxy) is 1. The number of halogens is 1. The lowest BCUT2D eigenvalue weighted by Gasteiger charge is -2.14. The van der Waals surface area contributed by atoms with Gasteiger partial charge in [-0.3, -0.25) is 4.79 Å². The summed E-state index contributed by atoms with van der Waals surface area (Å²) in [6, 6.07) is 5.97. The van der Waals surface area contributed by atoms with Crippen molar-refractivity contribution < 1.29 is 27.2 Å². The molecule has 0 unspecified atom stereocenters. The van der Waals surface area contributed by atoms with Crippen LogP contribution in [0.1, 0.15) is 5.56 Å². The highest BCUT2D eigenvalue weighted by molar-refractivity contribution is 7.87. The summed E-state index contributed by atoms with van der Waals surface area (Å²) < 4.78 is 45.6. The van der Waals surface area contributed by atoms with E-state index in [-0.39, 0.29) is 17.2 Å². The van der Waals surface area contributed by atoms with Crippen molar-refractivity contribution >= 4 is 21.8 Å². The number of aromatic nitrogens is 2. The van der Waals surface area contributed by atoms with Gasteiger partial charge in [0.15, 0.2) is 5.71 Å². The van der Waals surface area contributed by atoms with E-state index in [4.69, 9.17) is 4.74 Å². The standard InChI is InChI=1S/C15H16FN5O5S/c1-21(2)27(23,24)20-14(22)13(19-25-3)10-6-4-5-7-12(10)26-15-11(16)8-17-9-18-15/h4-9H,1-3H3,(H,20,22)/b19-13+. The molecule has 0 radical (unpaired) electrons. The van der Waals surface area contributed by atoms with Crippen LogP contribution in [0.4, 0.5) is 4.39 Å². The number of para-hydroxylation sites is 1. The summed E-state index contributed by atoms with van der Waals surface area (Å²) in [5, 5.41) is 3.58. The molecule has 0 aliphatic heterocycles. The topological polar surface area (TPSA) is 123 Å². The van der Waals surface area contributed by atoms with E-state index in [1.807, 2.05) is 4.72 Å². The highest BCUT2D eigenvalue weighted by atomic mass is 32.2. The Hall–Kier alpha value is -3.12. The summed E-state index contributed by atoms with van der Waals surface area (Å²) >= 11 is 0. The number of amides is 1. The molecular weight excluding hydrogens is 381 g/mol. The first-order valence-electron chi connectivity index (χ1n) is 7.34. The van der Waals surface area contributed by atoms with E-state index in [1.165, 1.54) is 33.3 Å². The Balaban J connectivity index is 2.43. The Labute approximate surface area is 154 Å². The Morgan fingerprint density at radius 2 is 2.00 bits per heavy atom. The van der Waals surface area contributed by atoms with Gasteiger partial charge < -0.3 is 9.57 Å². The molecule has 0 atom stereocenters. The zero-order chi connectivity index (χ0) is 20.0. The highest BCUT2D eigenvalue weighted by Crippen LogP contribution is 2.26. The number of nitrogens with one attached hydrogen (secondary N) is 1. The number of oxime groups is 1. The lowest BCUT2D eigenvalue weighted by molar-refractivity contribution is -0.113. The number of rotatable bonds is 7. The molecule has 0 aliphatic rings. The van der Waals surface area contributed by atoms with Gasteiger partial charge in [0.25, 0.3) is 11.8 Å². The Bertz CT molecular complexity index is 965. The van der Waals surface area contributed by atoms with Crippen LogP contribution in [0.3, 0.4) is 0 Å². The number of carbonyl (C=O) groups is 1. The van der Waals surface area contributed by atoms with Gasteiger partial charge in [0.2, 0.25) is 5.82 Å². The van der Waals surface area contributed by atoms with Crippen molar-refractivity contribution in [2.45, 2.75) is 0 Å². The van der Waals surface area contributed by atoms with Gasteiger partial charge >= 0.3 is 10.2 Å². The molecule has 2 aromatic rings. The van der Waals surface area contributed by atoms with Gasteiger partial charge in [-0.15, -0.1) is 0 Å². The number of benzene rings is 1. The molecule has 1 amide bonds. The van der Waals surface area contributed by atoms with E-state index in [1.54, 1.807) is 12.1 Å². The molecule has 1 aromatic heterocycles.